The highest BCUT2D eigenvalue weighted by atomic mass is 33.1. The van der Waals surface area contributed by atoms with Crippen LogP contribution in [-0.2, 0) is 52.3 Å². The number of aliphatic hydroxyl groups excluding tert-OH is 1. The molecule has 0 bridgehead atoms. The van der Waals surface area contributed by atoms with Gasteiger partial charge >= 0.3 is 48.7 Å². The molecule has 0 spiro atoms. The molecule has 0 radical (unpaired) electrons. The van der Waals surface area contributed by atoms with Gasteiger partial charge in [-0.05, 0) is 321 Å². The Morgan fingerprint density at radius 3 is 0.789 bits per heavy atom. The lowest BCUT2D eigenvalue weighted by Gasteiger charge is -2.28. The van der Waals surface area contributed by atoms with Gasteiger partial charge in [-0.1, -0.05) is 0 Å². The third-order valence-electron chi connectivity index (χ3n) is 16.9. The van der Waals surface area contributed by atoms with Crippen molar-refractivity contribution in [1.82, 2.24) is 83.6 Å². The third kappa shape index (κ3) is 58.1. The maximum Gasteiger partial charge on any atom is 0.408 e. The highest BCUT2D eigenvalue weighted by Crippen LogP contribution is 2.35. The normalized spacial score (nSPS) is 13.2. The first-order valence-corrected chi connectivity index (χ1v) is 46.3. The van der Waals surface area contributed by atoms with Crippen LogP contribution in [0.1, 0.15) is 290 Å². The summed E-state index contributed by atoms with van der Waals surface area (Å²) in [4.78, 5) is 185. The van der Waals surface area contributed by atoms with Gasteiger partial charge in [0.05, 0.1) is 17.2 Å². The summed E-state index contributed by atoms with van der Waals surface area (Å²) >= 11 is 0. The van der Waals surface area contributed by atoms with Gasteiger partial charge in [0.2, 0.25) is 17.7 Å². The topological polar surface area (TPSA) is 493 Å². The average Bonchev–Trinajstić information content (AvgIpc) is 0.847. The molecular weight excluding hydrogens is 1700 g/mol. The molecule has 0 aliphatic carbocycles. The lowest BCUT2D eigenvalue weighted by Crippen LogP contribution is -2.51. The molecule has 128 heavy (non-hydrogen) atoms. The van der Waals surface area contributed by atoms with E-state index in [1.54, 1.807) is 200 Å². The van der Waals surface area contributed by atoms with E-state index < -0.39 is 153 Å². The van der Waals surface area contributed by atoms with E-state index in [0.717, 1.165) is 0 Å². The second kappa shape index (κ2) is 56.1. The molecule has 0 aliphatic rings. The number of nitrogens with zero attached hydrogens (tertiary/aromatic N) is 4. The number of hydrogen-bond donors (Lipinski definition) is 13. The molecule has 40 heteroatoms. The molecule has 2 rings (SSSR count). The maximum atomic E-state index is 14.6. The number of pyridine rings is 2. The van der Waals surface area contributed by atoms with Gasteiger partial charge in [0.1, 0.15) is 79.2 Å². The Kier molecular flexibility index (Phi) is 50.2. The summed E-state index contributed by atoms with van der Waals surface area (Å²) in [5.74, 6) is -2.33. The largest absolute Gasteiger partial charge is 0.444 e. The zero-order valence-electron chi connectivity index (χ0n) is 80.3. The van der Waals surface area contributed by atoms with Crippen molar-refractivity contribution in [1.29, 1.82) is 0 Å². The second-order valence-electron chi connectivity index (χ2n) is 38.8. The van der Waals surface area contributed by atoms with Crippen LogP contribution in [-0.4, -0.2) is 257 Å². The number of ether oxygens (including phenoxy) is 8. The summed E-state index contributed by atoms with van der Waals surface area (Å²) in [5.41, 5.74) is -5.77. The molecule has 2 aromatic rings. The van der Waals surface area contributed by atoms with Crippen LogP contribution in [0, 0.1) is 0 Å². The third-order valence-corrected chi connectivity index (χ3v) is 19.1. The van der Waals surface area contributed by atoms with Crippen LogP contribution in [0.3, 0.4) is 0 Å². The quantitative estimate of drug-likeness (QED) is 0.0127. The minimum atomic E-state index is -1.27. The number of hydrogen-bond acceptors (Lipinski definition) is 27. The number of carbonyl (C=O) groups is 13. The number of amides is 13. The van der Waals surface area contributed by atoms with E-state index >= 15 is 0 Å². The predicted octanol–water partition coefficient (Wildman–Crippen LogP) is 12.3. The number of unbranched alkanes of at least 4 members (excludes halogenated alkanes) is 4. The average molecular weight is 1850 g/mol. The molecule has 2 unspecified atom stereocenters. The molecule has 728 valence electrons. The van der Waals surface area contributed by atoms with Crippen molar-refractivity contribution in [2.45, 2.75) is 354 Å². The van der Waals surface area contributed by atoms with Crippen molar-refractivity contribution < 1.29 is 105 Å². The van der Waals surface area contributed by atoms with Crippen molar-refractivity contribution in [3.05, 3.63) is 47.8 Å². The van der Waals surface area contributed by atoms with Crippen LogP contribution in [0.25, 0.3) is 0 Å². The van der Waals surface area contributed by atoms with E-state index in [1.165, 1.54) is 34.0 Å². The van der Waals surface area contributed by atoms with E-state index in [-0.39, 0.29) is 128 Å². The first-order chi connectivity index (χ1) is 59.2. The van der Waals surface area contributed by atoms with E-state index in [9.17, 15) is 67.4 Å². The number of alkyl carbamates (subject to hydrolysis) is 8. The van der Waals surface area contributed by atoms with Crippen LogP contribution in [0.15, 0.2) is 46.7 Å². The number of aliphatic hydroxyl groups is 1. The molecule has 2 aromatic heterocycles. The van der Waals surface area contributed by atoms with Gasteiger partial charge < -0.3 is 111 Å². The van der Waals surface area contributed by atoms with Crippen molar-refractivity contribution in [3.8, 4) is 0 Å². The Hall–Kier alpha value is -9.57. The fourth-order valence-electron chi connectivity index (χ4n) is 11.5. The van der Waals surface area contributed by atoms with Crippen LogP contribution in [0.2, 0.25) is 0 Å². The Labute approximate surface area is 765 Å². The summed E-state index contributed by atoms with van der Waals surface area (Å²) in [6, 6.07) is 2.66. The van der Waals surface area contributed by atoms with Gasteiger partial charge in [-0.25, -0.2) is 48.3 Å². The molecule has 0 aromatic carbocycles. The number of nitrogens with one attached hydrogen (secondary N) is 12. The summed E-state index contributed by atoms with van der Waals surface area (Å²) < 4.78 is 43.3. The molecule has 0 aliphatic heterocycles. The Morgan fingerprint density at radius 1 is 0.305 bits per heavy atom. The van der Waals surface area contributed by atoms with Crippen molar-refractivity contribution in [2.75, 3.05) is 78.5 Å². The molecule has 13 amide bonds. The molecule has 0 fully saturated rings. The number of rotatable bonds is 50. The molecule has 2 heterocycles. The second-order valence-corrected chi connectivity index (χ2v) is 40.9. The molecule has 0 saturated heterocycles. The summed E-state index contributed by atoms with van der Waals surface area (Å²) in [5, 5.41) is 45.8. The maximum absolute atomic E-state index is 14.6. The standard InChI is InChI=1S/C88H152N16O22S2/c1-81(2,3)119-73(111)93-45-29-25-37-61(99-77(115)123-85(13,14)15)67(105)89-49-33-53-103(54-34-50-90-68(106)62(100-78(116)124-86(16,17)18)38-26-30-46-94-74(112)120-82(4,5)6)71(109)59-41-43-65(97-57-59)127-128-66-44-42-60(58-98-66)72(110)104(55-35-51-91-69(107)63(101-79(117)125-87(19,20)21)39-27-31-47-95-75(113)121-83(7,8)9)56-36-52-92-70(108)64(102-80(118)126-88(22,23)24)40-28-32-48-96-76(114)122-84(10,11)12/h41-44,57-58,61-64,67,89,105H,25-40,45-56H2,1-24H3,(H,90,106)(H,91,107)(H,92,108)(H,93,111)(H,94,112)(H,95,113)(H,96,114)(H,99,115)(H,100,116)(H,101,117)(H,102,118)/t61-,62-,63-,64?,67?/m0/s1. The lowest BCUT2D eigenvalue weighted by molar-refractivity contribution is -0.124. The van der Waals surface area contributed by atoms with Gasteiger partial charge in [0.25, 0.3) is 11.8 Å². The van der Waals surface area contributed by atoms with E-state index in [2.05, 4.69) is 73.8 Å². The molecule has 38 nitrogen and oxygen atoms in total. The van der Waals surface area contributed by atoms with E-state index in [1.807, 2.05) is 0 Å². The highest BCUT2D eigenvalue weighted by molar-refractivity contribution is 8.76. The van der Waals surface area contributed by atoms with E-state index in [0.29, 0.717) is 74.3 Å². The number of carbonyl (C=O) groups excluding carboxylic acids is 13. The first-order valence-electron chi connectivity index (χ1n) is 44.2. The summed E-state index contributed by atoms with van der Waals surface area (Å²) in [6.07, 6.45) is 1.65. The number of aromatic nitrogens is 2. The zero-order valence-corrected chi connectivity index (χ0v) is 81.9. The highest BCUT2D eigenvalue weighted by Gasteiger charge is 2.32. The Bertz CT molecular complexity index is 3680. The van der Waals surface area contributed by atoms with Crippen molar-refractivity contribution in [2.24, 2.45) is 0 Å². The SMILES string of the molecule is CC(C)(C)OC(=O)NCCCCC(NC(=O)OC(C)(C)C)C(=O)NCCCN(CCCNC(=O)[C@H](CCCCNC(=O)OC(C)(C)C)NC(=O)OC(C)(C)C)C(=O)c1ccc(SSc2ccc(C(=O)N(CCCNC(=O)[C@H](CCCCNC(=O)OC(C)(C)C)NC(=O)OC(C)(C)C)CCCNC(O)[C@H](CCCCNC(=O)OC(C)(C)C)NC(=O)OC(C)(C)C)cn2)nc1. The summed E-state index contributed by atoms with van der Waals surface area (Å²) in [7, 11) is 2.46. The summed E-state index contributed by atoms with van der Waals surface area (Å²) in [6.45, 7) is 43.3. The van der Waals surface area contributed by atoms with Crippen molar-refractivity contribution >= 4 is 99.9 Å². The first kappa shape index (κ1) is 114. The smallest absolute Gasteiger partial charge is 0.408 e. The monoisotopic (exact) mass is 1850 g/mol. The lowest BCUT2D eigenvalue weighted by atomic mass is 10.1. The fourth-order valence-corrected chi connectivity index (χ4v) is 13.2. The van der Waals surface area contributed by atoms with Gasteiger partial charge in [0.15, 0.2) is 0 Å². The van der Waals surface area contributed by atoms with E-state index in [4.69, 9.17) is 37.9 Å². The van der Waals surface area contributed by atoms with Gasteiger partial charge in [-0.2, -0.15) is 0 Å². The van der Waals surface area contributed by atoms with Crippen molar-refractivity contribution in [3.63, 3.8) is 0 Å². The Balaban J connectivity index is 2.49. The molecular formula is C88H152N16O22S2. The van der Waals surface area contributed by atoms with Gasteiger partial charge in [-0.15, -0.1) is 0 Å². The minimum absolute atomic E-state index is 0.0685. The zero-order chi connectivity index (χ0) is 96.9. The molecule has 0 saturated carbocycles. The van der Waals surface area contributed by atoms with Crippen LogP contribution in [0.4, 0.5) is 38.4 Å². The van der Waals surface area contributed by atoms with Crippen LogP contribution in [0.5, 0.6) is 0 Å². The molecule has 5 atom stereocenters. The van der Waals surface area contributed by atoms with Gasteiger partial charge in [0, 0.05) is 84.4 Å². The molecule has 13 N–H and O–H groups in total. The van der Waals surface area contributed by atoms with Gasteiger partial charge in [-0.3, -0.25) is 29.3 Å². The Morgan fingerprint density at radius 2 is 0.539 bits per heavy atom. The van der Waals surface area contributed by atoms with Crippen LogP contribution >= 0.6 is 21.6 Å². The predicted molar refractivity (Wildman–Crippen MR) is 488 cm³/mol. The minimum Gasteiger partial charge on any atom is -0.444 e. The fraction of sp³-hybridized carbons (Fsp3) is 0.739. The van der Waals surface area contributed by atoms with Crippen LogP contribution < -0.4 is 63.8 Å².